The molecule has 0 amide bonds. The minimum atomic E-state index is -0.156. The molecule has 0 saturated heterocycles. The van der Waals surface area contributed by atoms with Gasteiger partial charge in [0.15, 0.2) is 0 Å². The van der Waals surface area contributed by atoms with Crippen LogP contribution in [0.4, 0.5) is 0 Å². The highest BCUT2D eigenvalue weighted by Crippen LogP contribution is 2.15. The van der Waals surface area contributed by atoms with E-state index in [2.05, 4.69) is 15.9 Å². The van der Waals surface area contributed by atoms with E-state index in [9.17, 15) is 4.79 Å². The van der Waals surface area contributed by atoms with E-state index in [1.807, 2.05) is 31.2 Å². The van der Waals surface area contributed by atoms with Crippen LogP contribution in [0.25, 0.3) is 11.4 Å². The SMILES string of the molecule is C#CCc1c(C)nc(-c2ccc(C)cc2)[nH]c1=O. The van der Waals surface area contributed by atoms with Crippen molar-refractivity contribution in [3.05, 3.63) is 51.4 Å². The number of aromatic nitrogens is 2. The second-order valence-electron chi connectivity index (χ2n) is 4.23. The number of aromatic amines is 1. The molecule has 0 spiro atoms. The summed E-state index contributed by atoms with van der Waals surface area (Å²) in [5.74, 6) is 3.05. The van der Waals surface area contributed by atoms with Gasteiger partial charge >= 0.3 is 0 Å². The van der Waals surface area contributed by atoms with E-state index < -0.39 is 0 Å². The Balaban J connectivity index is 2.52. The number of terminal acetylenes is 1. The van der Waals surface area contributed by atoms with Crippen LogP contribution in [0, 0.1) is 26.2 Å². The molecule has 0 bridgehead atoms. The van der Waals surface area contributed by atoms with Gasteiger partial charge in [0.2, 0.25) is 0 Å². The highest BCUT2D eigenvalue weighted by molar-refractivity contribution is 5.55. The molecule has 3 nitrogen and oxygen atoms in total. The maximum atomic E-state index is 11.9. The van der Waals surface area contributed by atoms with Crippen molar-refractivity contribution < 1.29 is 0 Å². The van der Waals surface area contributed by atoms with Gasteiger partial charge in [-0.2, -0.15) is 0 Å². The van der Waals surface area contributed by atoms with Crippen LogP contribution in [0.3, 0.4) is 0 Å². The van der Waals surface area contributed by atoms with Crippen LogP contribution in [0.15, 0.2) is 29.1 Å². The molecular formula is C15H14N2O. The first-order valence-electron chi connectivity index (χ1n) is 5.72. The first-order chi connectivity index (χ1) is 8.61. The topological polar surface area (TPSA) is 45.8 Å². The Bertz CT molecular complexity index is 660. The third kappa shape index (κ3) is 2.33. The van der Waals surface area contributed by atoms with Crippen molar-refractivity contribution in [2.24, 2.45) is 0 Å². The Morgan fingerprint density at radius 1 is 1.28 bits per heavy atom. The first kappa shape index (κ1) is 12.1. The van der Waals surface area contributed by atoms with Gasteiger partial charge in [0.05, 0.1) is 5.56 Å². The summed E-state index contributed by atoms with van der Waals surface area (Å²) >= 11 is 0. The van der Waals surface area contributed by atoms with Crippen molar-refractivity contribution >= 4 is 0 Å². The van der Waals surface area contributed by atoms with Crippen LogP contribution in [0.5, 0.6) is 0 Å². The Labute approximate surface area is 106 Å². The fourth-order valence-corrected chi connectivity index (χ4v) is 1.77. The molecule has 1 N–H and O–H groups in total. The van der Waals surface area contributed by atoms with Crippen LogP contribution >= 0.6 is 0 Å². The Morgan fingerprint density at radius 2 is 1.94 bits per heavy atom. The molecule has 3 heteroatoms. The Hall–Kier alpha value is -2.34. The second-order valence-corrected chi connectivity index (χ2v) is 4.23. The van der Waals surface area contributed by atoms with Crippen LogP contribution in [-0.4, -0.2) is 9.97 Å². The zero-order valence-corrected chi connectivity index (χ0v) is 10.4. The lowest BCUT2D eigenvalue weighted by Crippen LogP contribution is -2.17. The number of nitrogens with one attached hydrogen (secondary N) is 1. The van der Waals surface area contributed by atoms with Gasteiger partial charge in [0.1, 0.15) is 5.82 Å². The summed E-state index contributed by atoms with van der Waals surface area (Å²) in [4.78, 5) is 19.1. The molecule has 2 aromatic rings. The number of H-pyrrole nitrogens is 1. The molecule has 1 aromatic heterocycles. The smallest absolute Gasteiger partial charge is 0.255 e. The molecule has 0 atom stereocenters. The van der Waals surface area contributed by atoms with Crippen LogP contribution in [-0.2, 0) is 6.42 Å². The summed E-state index contributed by atoms with van der Waals surface area (Å²) in [7, 11) is 0. The average molecular weight is 238 g/mol. The van der Waals surface area contributed by atoms with Crippen LogP contribution in [0.2, 0.25) is 0 Å². The molecule has 0 aliphatic carbocycles. The number of aryl methyl sites for hydroxylation is 2. The zero-order valence-electron chi connectivity index (χ0n) is 10.4. The van der Waals surface area contributed by atoms with Gasteiger partial charge in [-0.1, -0.05) is 29.8 Å². The molecule has 18 heavy (non-hydrogen) atoms. The van der Waals surface area contributed by atoms with E-state index >= 15 is 0 Å². The van der Waals surface area contributed by atoms with Crippen molar-refractivity contribution in [2.45, 2.75) is 20.3 Å². The summed E-state index contributed by atoms with van der Waals surface area (Å²) in [6.07, 6.45) is 5.54. The van der Waals surface area contributed by atoms with Gasteiger partial charge < -0.3 is 4.98 Å². The lowest BCUT2D eigenvalue weighted by atomic mass is 10.1. The molecule has 0 aliphatic rings. The molecule has 0 fully saturated rings. The second kappa shape index (κ2) is 4.89. The lowest BCUT2D eigenvalue weighted by molar-refractivity contribution is 1.01. The van der Waals surface area contributed by atoms with E-state index in [1.54, 1.807) is 6.92 Å². The fraction of sp³-hybridized carbons (Fsp3) is 0.200. The highest BCUT2D eigenvalue weighted by Gasteiger charge is 2.08. The fourth-order valence-electron chi connectivity index (χ4n) is 1.77. The van der Waals surface area contributed by atoms with Gasteiger partial charge in [-0.05, 0) is 13.8 Å². The standard InChI is InChI=1S/C15H14N2O/c1-4-5-13-11(3)16-14(17-15(13)18)12-8-6-10(2)7-9-12/h1,6-9H,5H2,2-3H3,(H,16,17,18). The minimum Gasteiger partial charge on any atom is -0.306 e. The molecular weight excluding hydrogens is 224 g/mol. The molecule has 1 aromatic carbocycles. The number of hydrogen-bond donors (Lipinski definition) is 1. The maximum absolute atomic E-state index is 11.9. The number of nitrogens with zero attached hydrogens (tertiary/aromatic N) is 1. The summed E-state index contributed by atoms with van der Waals surface area (Å²) < 4.78 is 0. The number of benzene rings is 1. The largest absolute Gasteiger partial charge is 0.306 e. The van der Waals surface area contributed by atoms with Crippen LogP contribution < -0.4 is 5.56 Å². The lowest BCUT2D eigenvalue weighted by Gasteiger charge is -2.05. The summed E-state index contributed by atoms with van der Waals surface area (Å²) in [5.41, 5.74) is 3.16. The predicted molar refractivity (Wildman–Crippen MR) is 72.3 cm³/mol. The highest BCUT2D eigenvalue weighted by atomic mass is 16.1. The van der Waals surface area contributed by atoms with E-state index in [1.165, 1.54) is 5.56 Å². The van der Waals surface area contributed by atoms with Gasteiger partial charge in [-0.15, -0.1) is 12.3 Å². The van der Waals surface area contributed by atoms with Gasteiger partial charge in [0.25, 0.3) is 5.56 Å². The van der Waals surface area contributed by atoms with Crippen molar-refractivity contribution in [3.63, 3.8) is 0 Å². The van der Waals surface area contributed by atoms with Gasteiger partial charge in [-0.25, -0.2) is 4.98 Å². The van der Waals surface area contributed by atoms with E-state index in [0.717, 1.165) is 5.56 Å². The third-order valence-corrected chi connectivity index (χ3v) is 2.83. The number of rotatable bonds is 2. The van der Waals surface area contributed by atoms with E-state index in [-0.39, 0.29) is 5.56 Å². The number of hydrogen-bond acceptors (Lipinski definition) is 2. The van der Waals surface area contributed by atoms with Gasteiger partial charge in [-0.3, -0.25) is 4.79 Å². The Morgan fingerprint density at radius 3 is 2.50 bits per heavy atom. The molecule has 0 saturated carbocycles. The minimum absolute atomic E-state index is 0.156. The summed E-state index contributed by atoms with van der Waals surface area (Å²) in [5, 5.41) is 0. The van der Waals surface area contributed by atoms with Crippen molar-refractivity contribution in [3.8, 4) is 23.7 Å². The summed E-state index contributed by atoms with van der Waals surface area (Å²) in [6.45, 7) is 3.82. The molecule has 1 heterocycles. The monoisotopic (exact) mass is 238 g/mol. The normalized spacial score (nSPS) is 10.1. The first-order valence-corrected chi connectivity index (χ1v) is 5.72. The van der Waals surface area contributed by atoms with Crippen molar-refractivity contribution in [1.82, 2.24) is 9.97 Å². The quantitative estimate of drug-likeness (QED) is 0.815. The average Bonchev–Trinajstić information content (AvgIpc) is 2.34. The van der Waals surface area contributed by atoms with E-state index in [4.69, 9.17) is 6.42 Å². The molecule has 0 radical (unpaired) electrons. The molecule has 2 rings (SSSR count). The summed E-state index contributed by atoms with van der Waals surface area (Å²) in [6, 6.07) is 7.85. The van der Waals surface area contributed by atoms with Crippen LogP contribution in [0.1, 0.15) is 16.8 Å². The zero-order chi connectivity index (χ0) is 13.1. The third-order valence-electron chi connectivity index (χ3n) is 2.83. The van der Waals surface area contributed by atoms with Crippen molar-refractivity contribution in [2.75, 3.05) is 0 Å². The van der Waals surface area contributed by atoms with Gasteiger partial charge in [0, 0.05) is 17.7 Å². The van der Waals surface area contributed by atoms with Crippen molar-refractivity contribution in [1.29, 1.82) is 0 Å². The molecule has 90 valence electrons. The molecule has 0 aliphatic heterocycles. The predicted octanol–water partition coefficient (Wildman–Crippen LogP) is 2.23. The molecule has 0 unspecified atom stereocenters. The Kier molecular flexibility index (Phi) is 3.29. The van der Waals surface area contributed by atoms with E-state index in [0.29, 0.717) is 23.5 Å². The maximum Gasteiger partial charge on any atom is 0.255 e.